The molecule has 2 heteroatoms. The molecule has 0 atom stereocenters. The number of para-hydroxylation sites is 1. The lowest BCUT2D eigenvalue weighted by Crippen LogP contribution is -2.28. The van der Waals surface area contributed by atoms with Crippen LogP contribution in [0.2, 0.25) is 5.02 Å². The van der Waals surface area contributed by atoms with Crippen molar-refractivity contribution in [1.29, 1.82) is 0 Å². The van der Waals surface area contributed by atoms with E-state index in [1.165, 1.54) is 49.8 Å². The molecule has 172 valence electrons. The lowest BCUT2D eigenvalue weighted by Gasteiger charge is -2.20. The molecule has 0 saturated carbocycles. The molecule has 1 nitrogen and oxygen atoms in total. The third-order valence-electron chi connectivity index (χ3n) is 6.79. The van der Waals surface area contributed by atoms with Crippen LogP contribution in [0.5, 0.6) is 0 Å². The van der Waals surface area contributed by atoms with Crippen molar-refractivity contribution in [2.24, 2.45) is 7.05 Å². The highest BCUT2D eigenvalue weighted by molar-refractivity contribution is 6.30. The molecule has 0 amide bonds. The van der Waals surface area contributed by atoms with E-state index in [0.717, 1.165) is 10.6 Å². The molecule has 0 aliphatic rings. The van der Waals surface area contributed by atoms with Crippen molar-refractivity contribution >= 4 is 22.5 Å². The molecule has 0 aliphatic heterocycles. The van der Waals surface area contributed by atoms with Crippen LogP contribution in [0.3, 0.4) is 0 Å². The average molecular weight is 483 g/mol. The van der Waals surface area contributed by atoms with Crippen molar-refractivity contribution in [3.05, 3.63) is 139 Å². The van der Waals surface area contributed by atoms with Crippen LogP contribution in [0, 0.1) is 0 Å². The highest BCUT2D eigenvalue weighted by atomic mass is 35.5. The summed E-state index contributed by atoms with van der Waals surface area (Å²) in [6.45, 7) is 0. The second kappa shape index (κ2) is 9.45. The smallest absolute Gasteiger partial charge is 0.201 e. The lowest BCUT2D eigenvalue weighted by molar-refractivity contribution is -0.644. The first-order valence-electron chi connectivity index (χ1n) is 12.1. The Morgan fingerprint density at radius 3 is 1.67 bits per heavy atom. The normalized spacial score (nSPS) is 11.1. The van der Waals surface area contributed by atoms with Gasteiger partial charge >= 0.3 is 0 Å². The molecule has 0 aliphatic carbocycles. The van der Waals surface area contributed by atoms with Crippen LogP contribution < -0.4 is 4.57 Å². The summed E-state index contributed by atoms with van der Waals surface area (Å²) in [6, 6.07) is 45.0. The van der Waals surface area contributed by atoms with Gasteiger partial charge in [-0.25, -0.2) is 4.57 Å². The van der Waals surface area contributed by atoms with Gasteiger partial charge in [-0.2, -0.15) is 0 Å². The summed E-state index contributed by atoms with van der Waals surface area (Å²) in [5.74, 6) is 0. The van der Waals surface area contributed by atoms with Crippen LogP contribution in [0.4, 0.5) is 0 Å². The predicted molar refractivity (Wildman–Crippen MR) is 152 cm³/mol. The van der Waals surface area contributed by atoms with Gasteiger partial charge in [-0.05, 0) is 69.3 Å². The van der Waals surface area contributed by atoms with Crippen LogP contribution in [0.1, 0.15) is 0 Å². The Morgan fingerprint density at radius 2 is 1.06 bits per heavy atom. The second-order valence-corrected chi connectivity index (χ2v) is 9.48. The van der Waals surface area contributed by atoms with E-state index in [-0.39, 0.29) is 0 Å². The molecular weight excluding hydrogens is 458 g/mol. The van der Waals surface area contributed by atoms with Gasteiger partial charge < -0.3 is 0 Å². The molecule has 0 saturated heterocycles. The molecular formula is C34H25ClN+. The number of hydrogen-bond acceptors (Lipinski definition) is 0. The molecule has 0 N–H and O–H groups in total. The van der Waals surface area contributed by atoms with Gasteiger partial charge in [0.25, 0.3) is 0 Å². The summed E-state index contributed by atoms with van der Waals surface area (Å²) >= 11 is 6.22. The monoisotopic (exact) mass is 482 g/mol. The number of halogens is 1. The van der Waals surface area contributed by atoms with Gasteiger partial charge in [0.05, 0.1) is 5.39 Å². The molecule has 1 heterocycles. The maximum absolute atomic E-state index is 6.22. The molecule has 0 radical (unpaired) electrons. The SMILES string of the molecule is C[n+]1ccc(-c2c(-c3ccccc3)cc(-c3ccc(Cl)cc3)cc2-c2ccccc2)c2ccccc21. The van der Waals surface area contributed by atoms with Gasteiger partial charge in [0.15, 0.2) is 6.20 Å². The topological polar surface area (TPSA) is 3.88 Å². The molecule has 6 rings (SSSR count). The molecule has 0 bridgehead atoms. The Morgan fingerprint density at radius 1 is 0.500 bits per heavy atom. The zero-order chi connectivity index (χ0) is 24.5. The highest BCUT2D eigenvalue weighted by Gasteiger charge is 2.20. The highest BCUT2D eigenvalue weighted by Crippen LogP contribution is 2.44. The first-order chi connectivity index (χ1) is 17.7. The minimum Gasteiger partial charge on any atom is -0.201 e. The van der Waals surface area contributed by atoms with Crippen molar-refractivity contribution in [3.8, 4) is 44.5 Å². The minimum absolute atomic E-state index is 0.741. The van der Waals surface area contributed by atoms with Crippen LogP contribution in [-0.4, -0.2) is 0 Å². The van der Waals surface area contributed by atoms with E-state index in [1.54, 1.807) is 0 Å². The molecule has 36 heavy (non-hydrogen) atoms. The zero-order valence-corrected chi connectivity index (χ0v) is 20.8. The van der Waals surface area contributed by atoms with Gasteiger partial charge in [0.1, 0.15) is 7.05 Å². The fourth-order valence-corrected chi connectivity index (χ4v) is 5.14. The van der Waals surface area contributed by atoms with E-state index in [0.29, 0.717) is 0 Å². The largest absolute Gasteiger partial charge is 0.212 e. The van der Waals surface area contributed by atoms with Crippen molar-refractivity contribution < 1.29 is 4.57 Å². The Hall–Kier alpha value is -4.20. The standard InChI is InChI=1S/C34H25ClN/c1-36-21-20-30(29-14-8-9-15-33(29)36)34-31(25-10-4-2-5-11-25)22-27(24-16-18-28(35)19-17-24)23-32(34)26-12-6-3-7-13-26/h2-23H,1H3/q+1. The minimum atomic E-state index is 0.741. The summed E-state index contributed by atoms with van der Waals surface area (Å²) in [4.78, 5) is 0. The van der Waals surface area contributed by atoms with Gasteiger partial charge in [0, 0.05) is 22.7 Å². The quantitative estimate of drug-likeness (QED) is 0.221. The number of fused-ring (bicyclic) bond motifs is 1. The van der Waals surface area contributed by atoms with Crippen molar-refractivity contribution in [3.63, 3.8) is 0 Å². The number of hydrogen-bond donors (Lipinski definition) is 0. The maximum atomic E-state index is 6.22. The van der Waals surface area contributed by atoms with E-state index in [1.807, 2.05) is 12.1 Å². The molecule has 6 aromatic rings. The Bertz CT molecular complexity index is 1610. The lowest BCUT2D eigenvalue weighted by atomic mass is 9.84. The van der Waals surface area contributed by atoms with E-state index < -0.39 is 0 Å². The summed E-state index contributed by atoms with van der Waals surface area (Å²) < 4.78 is 2.19. The average Bonchev–Trinajstić information content (AvgIpc) is 2.94. The summed E-state index contributed by atoms with van der Waals surface area (Å²) in [6.07, 6.45) is 2.16. The third-order valence-corrected chi connectivity index (χ3v) is 7.05. The van der Waals surface area contributed by atoms with E-state index in [4.69, 9.17) is 11.6 Å². The molecule has 5 aromatic carbocycles. The number of rotatable bonds is 4. The van der Waals surface area contributed by atoms with Gasteiger partial charge in [-0.1, -0.05) is 96.5 Å². The Kier molecular flexibility index (Phi) is 5.85. The van der Waals surface area contributed by atoms with Crippen molar-refractivity contribution in [1.82, 2.24) is 0 Å². The molecule has 0 spiro atoms. The van der Waals surface area contributed by atoms with E-state index in [9.17, 15) is 0 Å². The summed E-state index contributed by atoms with van der Waals surface area (Å²) in [7, 11) is 2.10. The molecule has 0 unspecified atom stereocenters. The van der Waals surface area contributed by atoms with Gasteiger partial charge in [-0.3, -0.25) is 0 Å². The Balaban J connectivity index is 1.75. The first kappa shape index (κ1) is 22.3. The van der Waals surface area contributed by atoms with Crippen LogP contribution in [0.25, 0.3) is 55.4 Å². The fraction of sp³-hybridized carbons (Fsp3) is 0.0294. The van der Waals surface area contributed by atoms with E-state index in [2.05, 4.69) is 133 Å². The molecule has 0 fully saturated rings. The van der Waals surface area contributed by atoms with Gasteiger partial charge in [0.2, 0.25) is 5.52 Å². The van der Waals surface area contributed by atoms with Crippen molar-refractivity contribution in [2.75, 3.05) is 0 Å². The number of aromatic nitrogens is 1. The van der Waals surface area contributed by atoms with Crippen LogP contribution >= 0.6 is 11.6 Å². The zero-order valence-electron chi connectivity index (χ0n) is 20.0. The Labute approximate surface area is 216 Å². The maximum Gasteiger partial charge on any atom is 0.212 e. The number of benzene rings is 5. The summed E-state index contributed by atoms with van der Waals surface area (Å²) in [5.41, 5.74) is 10.8. The molecule has 1 aromatic heterocycles. The van der Waals surface area contributed by atoms with Crippen molar-refractivity contribution in [2.45, 2.75) is 0 Å². The van der Waals surface area contributed by atoms with Crippen LogP contribution in [-0.2, 0) is 7.05 Å². The fourth-order valence-electron chi connectivity index (χ4n) is 5.02. The van der Waals surface area contributed by atoms with Crippen LogP contribution in [0.15, 0.2) is 134 Å². The number of nitrogens with zero attached hydrogens (tertiary/aromatic N) is 1. The summed E-state index contributed by atoms with van der Waals surface area (Å²) in [5, 5.41) is 1.97. The number of aryl methyl sites for hydroxylation is 1. The van der Waals surface area contributed by atoms with E-state index >= 15 is 0 Å². The second-order valence-electron chi connectivity index (χ2n) is 9.04. The predicted octanol–water partition coefficient (Wildman–Crippen LogP) is 8.99. The number of pyridine rings is 1. The van der Waals surface area contributed by atoms with Gasteiger partial charge in [-0.15, -0.1) is 0 Å². The third kappa shape index (κ3) is 4.08. The first-order valence-corrected chi connectivity index (χ1v) is 12.5.